The second kappa shape index (κ2) is 6.59. The summed E-state index contributed by atoms with van der Waals surface area (Å²) in [6.45, 7) is 1.76. The minimum absolute atomic E-state index is 0.0453. The summed E-state index contributed by atoms with van der Waals surface area (Å²) in [5, 5.41) is 0. The second-order valence-corrected chi connectivity index (χ2v) is 6.43. The van der Waals surface area contributed by atoms with Crippen LogP contribution in [0.25, 0.3) is 0 Å². The Morgan fingerprint density at radius 2 is 2.29 bits per heavy atom. The van der Waals surface area contributed by atoms with Crippen LogP contribution >= 0.6 is 0 Å². The maximum Gasteiger partial charge on any atom is 0.215 e. The first-order valence-corrected chi connectivity index (χ1v) is 8.09. The van der Waals surface area contributed by atoms with Gasteiger partial charge in [0.1, 0.15) is 18.2 Å². The summed E-state index contributed by atoms with van der Waals surface area (Å²) in [5.74, 6) is 0.965. The molecule has 0 saturated heterocycles. The van der Waals surface area contributed by atoms with Gasteiger partial charge in [-0.05, 0) is 19.1 Å². The molecular weight excluding hydrogens is 292 g/mol. The average Bonchev–Trinajstić information content (AvgIpc) is 2.92. The van der Waals surface area contributed by atoms with E-state index in [1.807, 2.05) is 0 Å². The number of imidazole rings is 1. The maximum absolute atomic E-state index is 11.9. The van der Waals surface area contributed by atoms with Gasteiger partial charge in [0.15, 0.2) is 0 Å². The number of hydrogen-bond donors (Lipinski definition) is 3. The van der Waals surface area contributed by atoms with Crippen LogP contribution in [0, 0.1) is 0 Å². The van der Waals surface area contributed by atoms with Gasteiger partial charge in [0.25, 0.3) is 0 Å². The first kappa shape index (κ1) is 15.3. The first-order valence-electron chi connectivity index (χ1n) is 6.44. The van der Waals surface area contributed by atoms with Crippen LogP contribution in [-0.4, -0.2) is 30.7 Å². The zero-order valence-electron chi connectivity index (χ0n) is 11.6. The number of nitrogen functional groups attached to an aromatic ring is 1. The van der Waals surface area contributed by atoms with Gasteiger partial charge >= 0.3 is 0 Å². The molecule has 2 aromatic rings. The first-order chi connectivity index (χ1) is 9.96. The zero-order chi connectivity index (χ0) is 15.3. The summed E-state index contributed by atoms with van der Waals surface area (Å²) in [7, 11) is -3.45. The third-order valence-electron chi connectivity index (χ3n) is 2.76. The number of ether oxygens (including phenoxy) is 1. The number of benzene rings is 1. The highest BCUT2D eigenvalue weighted by atomic mass is 32.2. The average molecular weight is 310 g/mol. The van der Waals surface area contributed by atoms with Gasteiger partial charge in [0, 0.05) is 24.1 Å². The molecule has 1 heterocycles. The highest BCUT2D eigenvalue weighted by molar-refractivity contribution is 7.89. The molecule has 1 unspecified atom stereocenters. The van der Waals surface area contributed by atoms with E-state index in [4.69, 9.17) is 10.5 Å². The molecule has 8 heteroatoms. The van der Waals surface area contributed by atoms with Gasteiger partial charge in [-0.2, -0.15) is 0 Å². The van der Waals surface area contributed by atoms with Gasteiger partial charge in [0.05, 0.1) is 11.8 Å². The predicted molar refractivity (Wildman–Crippen MR) is 80.3 cm³/mol. The van der Waals surface area contributed by atoms with E-state index in [2.05, 4.69) is 14.7 Å². The smallest absolute Gasteiger partial charge is 0.215 e. The molecule has 0 fully saturated rings. The number of sulfonamides is 1. The topological polar surface area (TPSA) is 110 Å². The third-order valence-corrected chi connectivity index (χ3v) is 4.18. The van der Waals surface area contributed by atoms with E-state index in [1.165, 1.54) is 0 Å². The molecule has 0 radical (unpaired) electrons. The molecule has 2 rings (SSSR count). The summed E-state index contributed by atoms with van der Waals surface area (Å²) < 4.78 is 31.8. The Labute approximate surface area is 123 Å². The van der Waals surface area contributed by atoms with E-state index in [0.717, 1.165) is 0 Å². The number of H-pyrrole nitrogens is 1. The largest absolute Gasteiger partial charge is 0.492 e. The van der Waals surface area contributed by atoms with Crippen LogP contribution in [0.4, 0.5) is 5.69 Å². The number of hydrogen-bond acceptors (Lipinski definition) is 5. The third kappa shape index (κ3) is 4.76. The summed E-state index contributed by atoms with van der Waals surface area (Å²) >= 11 is 0. The van der Waals surface area contributed by atoms with Crippen LogP contribution in [0.3, 0.4) is 0 Å². The molecule has 0 aliphatic carbocycles. The number of aromatic nitrogens is 2. The molecule has 21 heavy (non-hydrogen) atoms. The van der Waals surface area contributed by atoms with Gasteiger partial charge in [0.2, 0.25) is 10.0 Å². The maximum atomic E-state index is 11.9. The lowest BCUT2D eigenvalue weighted by molar-refractivity contribution is 0.340. The van der Waals surface area contributed by atoms with Crippen LogP contribution < -0.4 is 15.2 Å². The van der Waals surface area contributed by atoms with Crippen molar-refractivity contribution < 1.29 is 13.2 Å². The van der Waals surface area contributed by atoms with Crippen LogP contribution in [0.15, 0.2) is 36.7 Å². The summed E-state index contributed by atoms with van der Waals surface area (Å²) in [6.07, 6.45) is 3.21. The molecule has 1 aromatic heterocycles. The zero-order valence-corrected chi connectivity index (χ0v) is 12.4. The fraction of sp³-hybridized carbons (Fsp3) is 0.308. The highest BCUT2D eigenvalue weighted by Gasteiger charge is 2.17. The van der Waals surface area contributed by atoms with E-state index < -0.39 is 16.1 Å². The second-order valence-electron chi connectivity index (χ2n) is 4.55. The number of rotatable bonds is 7. The molecule has 0 saturated carbocycles. The molecule has 0 aliphatic heterocycles. The summed E-state index contributed by atoms with van der Waals surface area (Å²) in [4.78, 5) is 6.87. The Hall–Kier alpha value is -2.06. The van der Waals surface area contributed by atoms with Gasteiger partial charge < -0.3 is 15.5 Å². The normalized spacial score (nSPS) is 13.0. The molecule has 0 bridgehead atoms. The van der Waals surface area contributed by atoms with E-state index in [-0.39, 0.29) is 12.4 Å². The van der Waals surface area contributed by atoms with Crippen molar-refractivity contribution in [2.45, 2.75) is 13.0 Å². The number of nitrogens with two attached hydrogens (primary N) is 1. The fourth-order valence-corrected chi connectivity index (χ4v) is 2.84. The molecule has 0 aliphatic rings. The highest BCUT2D eigenvalue weighted by Crippen LogP contribution is 2.14. The van der Waals surface area contributed by atoms with Crippen LogP contribution in [-0.2, 0) is 10.0 Å². The van der Waals surface area contributed by atoms with Crippen LogP contribution in [0.1, 0.15) is 18.8 Å². The van der Waals surface area contributed by atoms with Gasteiger partial charge in [-0.1, -0.05) is 6.07 Å². The van der Waals surface area contributed by atoms with Crippen LogP contribution in [0.5, 0.6) is 5.75 Å². The van der Waals surface area contributed by atoms with E-state index >= 15 is 0 Å². The van der Waals surface area contributed by atoms with Crippen molar-refractivity contribution in [1.29, 1.82) is 0 Å². The quantitative estimate of drug-likeness (QED) is 0.662. The number of nitrogens with zero attached hydrogens (tertiary/aromatic N) is 1. The van der Waals surface area contributed by atoms with Crippen molar-refractivity contribution >= 4 is 15.7 Å². The number of nitrogens with one attached hydrogen (secondary N) is 2. The molecule has 0 spiro atoms. The minimum atomic E-state index is -3.45. The monoisotopic (exact) mass is 310 g/mol. The van der Waals surface area contributed by atoms with E-state index in [0.29, 0.717) is 17.3 Å². The fourth-order valence-electron chi connectivity index (χ4n) is 1.77. The summed E-state index contributed by atoms with van der Waals surface area (Å²) in [5.41, 5.74) is 6.18. The Morgan fingerprint density at radius 1 is 1.48 bits per heavy atom. The van der Waals surface area contributed by atoms with Crippen molar-refractivity contribution in [3.63, 3.8) is 0 Å². The number of aromatic amines is 1. The molecule has 7 nitrogen and oxygen atoms in total. The Morgan fingerprint density at radius 3 is 2.95 bits per heavy atom. The van der Waals surface area contributed by atoms with E-state index in [9.17, 15) is 8.42 Å². The Bertz CT molecular complexity index is 670. The van der Waals surface area contributed by atoms with Crippen molar-refractivity contribution in [1.82, 2.24) is 14.7 Å². The van der Waals surface area contributed by atoms with Gasteiger partial charge in [-0.15, -0.1) is 0 Å². The minimum Gasteiger partial charge on any atom is -0.492 e. The molecule has 0 amide bonds. The molecular formula is C13H18N4O3S. The standard InChI is InChI=1S/C13H18N4O3S/c1-10(13-15-5-6-16-13)17-21(18,19)8-7-20-12-4-2-3-11(14)9-12/h2-6,9-10,17H,7-8,14H2,1H3,(H,15,16). The summed E-state index contributed by atoms with van der Waals surface area (Å²) in [6, 6.07) is 6.43. The predicted octanol–water partition coefficient (Wildman–Crippen LogP) is 1.05. The Balaban J connectivity index is 1.84. The van der Waals surface area contributed by atoms with Gasteiger partial charge in [-0.3, -0.25) is 0 Å². The van der Waals surface area contributed by atoms with Crippen molar-refractivity contribution in [3.05, 3.63) is 42.5 Å². The molecule has 114 valence electrons. The van der Waals surface area contributed by atoms with E-state index in [1.54, 1.807) is 43.6 Å². The Kier molecular flexibility index (Phi) is 4.81. The molecule has 4 N–H and O–H groups in total. The lowest BCUT2D eigenvalue weighted by Gasteiger charge is -2.12. The lowest BCUT2D eigenvalue weighted by Crippen LogP contribution is -2.31. The number of anilines is 1. The van der Waals surface area contributed by atoms with Crippen molar-refractivity contribution in [3.8, 4) is 5.75 Å². The lowest BCUT2D eigenvalue weighted by atomic mass is 10.3. The molecule has 1 atom stereocenters. The van der Waals surface area contributed by atoms with Crippen molar-refractivity contribution in [2.75, 3.05) is 18.1 Å². The van der Waals surface area contributed by atoms with Crippen LogP contribution in [0.2, 0.25) is 0 Å². The SMILES string of the molecule is CC(NS(=O)(=O)CCOc1cccc(N)c1)c1ncc[nH]1. The van der Waals surface area contributed by atoms with Gasteiger partial charge in [-0.25, -0.2) is 18.1 Å². The van der Waals surface area contributed by atoms with Crippen molar-refractivity contribution in [2.24, 2.45) is 0 Å². The molecule has 1 aromatic carbocycles.